The second-order valence-electron chi connectivity index (χ2n) is 20.6. The lowest BCUT2D eigenvalue weighted by Gasteiger charge is -2.41. The van der Waals surface area contributed by atoms with Crippen LogP contribution in [0.5, 0.6) is 5.75 Å². The summed E-state index contributed by atoms with van der Waals surface area (Å²) in [5.74, 6) is -4.86. The number of nitrogens with zero attached hydrogens (tertiary/aromatic N) is 4. The Labute approximate surface area is 420 Å². The van der Waals surface area contributed by atoms with Gasteiger partial charge in [-0.25, -0.2) is 13.2 Å². The molecule has 0 bridgehead atoms. The third kappa shape index (κ3) is 15.6. The number of carbonyl (C=O) groups excluding carboxylic acids is 6. The highest BCUT2D eigenvalue weighted by atomic mass is 32.2. The third-order valence-corrected chi connectivity index (χ3v) is 16.3. The minimum Gasteiger partial charge on any atom is -0.481 e. The topological polar surface area (TPSA) is 251 Å². The van der Waals surface area contributed by atoms with Crippen LogP contribution in [0.2, 0.25) is 0 Å². The van der Waals surface area contributed by atoms with Crippen molar-refractivity contribution in [3.05, 3.63) is 29.8 Å². The van der Waals surface area contributed by atoms with Gasteiger partial charge in [0, 0.05) is 47.3 Å². The fourth-order valence-corrected chi connectivity index (χ4v) is 11.3. The maximum atomic E-state index is 14.5. The molecule has 4 N–H and O–H groups in total. The summed E-state index contributed by atoms with van der Waals surface area (Å²) in [5, 5.41) is 14.4. The second kappa shape index (κ2) is 26.2. The number of carboxylic acid groups (broad SMARTS) is 1. The van der Waals surface area contributed by atoms with Crippen LogP contribution in [0.3, 0.4) is 0 Å². The van der Waals surface area contributed by atoms with Crippen LogP contribution in [-0.2, 0) is 54.7 Å². The molecule has 0 radical (unpaired) electrons. The van der Waals surface area contributed by atoms with E-state index < -0.39 is 93.4 Å². The molecule has 20 nitrogen and oxygen atoms in total. The lowest BCUT2D eigenvalue weighted by atomic mass is 9.89. The molecule has 0 unspecified atom stereocenters. The highest BCUT2D eigenvalue weighted by Crippen LogP contribution is 2.31. The minimum atomic E-state index is -3.99. The van der Waals surface area contributed by atoms with Crippen molar-refractivity contribution in [3.63, 3.8) is 0 Å². The first-order valence-corrected chi connectivity index (χ1v) is 26.6. The van der Waals surface area contributed by atoms with Crippen LogP contribution in [0.25, 0.3) is 0 Å². The highest BCUT2D eigenvalue weighted by Gasteiger charge is 2.44. The van der Waals surface area contributed by atoms with Crippen molar-refractivity contribution < 1.29 is 61.3 Å². The average Bonchev–Trinajstić information content (AvgIpc) is 4.08. The van der Waals surface area contributed by atoms with E-state index in [1.165, 1.54) is 31.3 Å². The second-order valence-corrected chi connectivity index (χ2v) is 22.5. The molecule has 1 aromatic carbocycles. The zero-order valence-corrected chi connectivity index (χ0v) is 44.7. The maximum absolute atomic E-state index is 14.5. The molecule has 3 aliphatic rings. The normalized spacial score (nSPS) is 20.1. The van der Waals surface area contributed by atoms with Gasteiger partial charge in [0.15, 0.2) is 0 Å². The third-order valence-electron chi connectivity index (χ3n) is 14.5. The molecule has 2 heterocycles. The van der Waals surface area contributed by atoms with Crippen molar-refractivity contribution >= 4 is 51.6 Å². The molecule has 4 rings (SSSR count). The molecule has 1 saturated carbocycles. The van der Waals surface area contributed by atoms with E-state index in [4.69, 9.17) is 14.2 Å². The van der Waals surface area contributed by atoms with Crippen molar-refractivity contribution in [1.29, 1.82) is 0 Å². The zero-order valence-electron chi connectivity index (χ0n) is 43.8. The number of sulfonamides is 1. The fraction of sp³-hybridized carbons (Fsp3) is 0.740. The number of hydrogen-bond donors (Lipinski definition) is 4. The number of carboxylic acids is 1. The monoisotopic (exact) mass is 1020 g/mol. The summed E-state index contributed by atoms with van der Waals surface area (Å²) < 4.78 is 45.5. The largest absolute Gasteiger partial charge is 0.481 e. The lowest BCUT2D eigenvalue weighted by Crippen LogP contribution is -2.59. The molecular weight excluding hydrogens is 939 g/mol. The van der Waals surface area contributed by atoms with Gasteiger partial charge in [-0.05, 0) is 88.1 Å². The van der Waals surface area contributed by atoms with E-state index in [1.807, 2.05) is 60.5 Å². The number of amides is 6. The number of likely N-dealkylation sites (N-methyl/N-ethyl adjacent to an activating group) is 2. The number of methoxy groups -OCH3 is 2. The quantitative estimate of drug-likeness (QED) is 0.110. The van der Waals surface area contributed by atoms with Crippen molar-refractivity contribution in [2.24, 2.45) is 29.6 Å². The maximum Gasteiger partial charge on any atom is 0.415 e. The van der Waals surface area contributed by atoms with Crippen molar-refractivity contribution in [2.45, 2.75) is 154 Å². The number of nitrogens with one attached hydrogen (secondary N) is 3. The van der Waals surface area contributed by atoms with Gasteiger partial charge >= 0.3 is 12.1 Å². The first-order valence-electron chi connectivity index (χ1n) is 25.1. The van der Waals surface area contributed by atoms with Gasteiger partial charge in [0.2, 0.25) is 33.7 Å². The highest BCUT2D eigenvalue weighted by molar-refractivity contribution is 7.90. The number of hydrogen-bond acceptors (Lipinski definition) is 13. The van der Waals surface area contributed by atoms with Crippen molar-refractivity contribution in [3.8, 4) is 5.75 Å². The number of carbonyl (C=O) groups is 7. The van der Waals surface area contributed by atoms with E-state index in [1.54, 1.807) is 35.9 Å². The average molecular weight is 1020 g/mol. The van der Waals surface area contributed by atoms with Crippen LogP contribution in [-0.4, -0.2) is 177 Å². The molecule has 1 aromatic rings. The van der Waals surface area contributed by atoms with E-state index in [0.29, 0.717) is 57.1 Å². The van der Waals surface area contributed by atoms with Crippen LogP contribution < -0.4 is 20.1 Å². The zero-order chi connectivity index (χ0) is 53.1. The predicted octanol–water partition coefficient (Wildman–Crippen LogP) is 3.27. The van der Waals surface area contributed by atoms with E-state index in [2.05, 4.69) is 15.4 Å². The van der Waals surface area contributed by atoms with E-state index in [-0.39, 0.29) is 67.2 Å². The minimum absolute atomic E-state index is 0.00404. The standard InChI is InChI=1S/C50H81N7O13S/c1-13-31(6)43(55(10)48(62)41(29(2)3)52-47(61)42(30(4)5)54(8)9)39(68-11)28-40(58)57-24-14-15-38(57)44(69-12)32(7)45(59)51-37(46(60)53-71(66,67)36-20-21-36)27-33-16-18-35(19-17-33)70-50(65)56-25-22-34(23-26-56)49(63)64/h16-19,29-32,34,36-39,41-44H,13-15,20-28H2,1-12H3,(H,51,59)(H,52,61)(H,53,60)(H,63,64)/t31-,32+,37-,38-,39+,41-,42-,43-,44+/m0/s1. The Morgan fingerprint density at radius 3 is 1.93 bits per heavy atom. The number of likely N-dealkylation sites (tertiary alicyclic amines) is 2. The summed E-state index contributed by atoms with van der Waals surface area (Å²) in [6.45, 7) is 14.1. The summed E-state index contributed by atoms with van der Waals surface area (Å²) in [6, 6.07) is 2.46. The molecule has 400 valence electrons. The van der Waals surface area contributed by atoms with Crippen molar-refractivity contribution in [1.82, 2.24) is 35.0 Å². The van der Waals surface area contributed by atoms with Crippen LogP contribution in [0.1, 0.15) is 105 Å². The van der Waals surface area contributed by atoms with Crippen LogP contribution >= 0.6 is 0 Å². The summed E-state index contributed by atoms with van der Waals surface area (Å²) in [6.07, 6.45) is 0.811. The van der Waals surface area contributed by atoms with Gasteiger partial charge in [-0.2, -0.15) is 0 Å². The molecule has 0 spiro atoms. The lowest BCUT2D eigenvalue weighted by molar-refractivity contribution is -0.148. The molecule has 2 aliphatic heterocycles. The molecule has 6 amide bonds. The molecular formula is C50H81N7O13S. The molecule has 2 saturated heterocycles. The van der Waals surface area contributed by atoms with E-state index >= 15 is 0 Å². The summed E-state index contributed by atoms with van der Waals surface area (Å²) in [4.78, 5) is 101. The molecule has 21 heteroatoms. The Morgan fingerprint density at radius 1 is 0.803 bits per heavy atom. The SMILES string of the molecule is CC[C@H](C)[C@@H]([C@@H](CC(=O)N1CCC[C@H]1[C@H](OC)[C@@H](C)C(=O)N[C@@H](Cc1ccc(OC(=O)N2CCC(C(=O)O)CC2)cc1)C(=O)NS(=O)(=O)C1CC1)OC)N(C)C(=O)[C@@H](NC(=O)[C@H](C(C)C)N(C)C)C(C)C. The van der Waals surface area contributed by atoms with E-state index in [0.717, 1.165) is 0 Å². The Bertz CT molecular complexity index is 2100. The Morgan fingerprint density at radius 2 is 1.42 bits per heavy atom. The van der Waals surface area contributed by atoms with Gasteiger partial charge in [0.1, 0.15) is 17.8 Å². The number of ether oxygens (including phenoxy) is 3. The van der Waals surface area contributed by atoms with Gasteiger partial charge in [-0.3, -0.25) is 38.4 Å². The molecule has 3 fully saturated rings. The van der Waals surface area contributed by atoms with Gasteiger partial charge in [0.25, 0.3) is 5.91 Å². The fourth-order valence-electron chi connectivity index (χ4n) is 10.0. The number of rotatable bonds is 25. The van der Waals surface area contributed by atoms with Gasteiger partial charge in [-0.1, -0.05) is 67.0 Å². The summed E-state index contributed by atoms with van der Waals surface area (Å²) >= 11 is 0. The van der Waals surface area contributed by atoms with Crippen LogP contribution in [0, 0.1) is 29.6 Å². The smallest absolute Gasteiger partial charge is 0.415 e. The molecule has 0 aromatic heterocycles. The first kappa shape index (κ1) is 58.7. The van der Waals surface area contributed by atoms with Crippen LogP contribution in [0.15, 0.2) is 24.3 Å². The number of aliphatic carboxylic acids is 1. The molecule has 9 atom stereocenters. The Hall–Kier alpha value is -4.86. The van der Waals surface area contributed by atoms with Crippen molar-refractivity contribution in [2.75, 3.05) is 55.0 Å². The summed E-state index contributed by atoms with van der Waals surface area (Å²) in [7, 11) is 4.29. The predicted molar refractivity (Wildman–Crippen MR) is 265 cm³/mol. The van der Waals surface area contributed by atoms with Crippen LogP contribution in [0.4, 0.5) is 4.79 Å². The number of piperidine rings is 1. The molecule has 1 aliphatic carbocycles. The van der Waals surface area contributed by atoms with Gasteiger partial charge in [0.05, 0.1) is 53.8 Å². The number of benzene rings is 1. The molecule has 71 heavy (non-hydrogen) atoms. The Kier molecular flexibility index (Phi) is 21.7. The van der Waals surface area contributed by atoms with Gasteiger partial charge < -0.3 is 44.7 Å². The van der Waals surface area contributed by atoms with Gasteiger partial charge in [-0.15, -0.1) is 0 Å². The summed E-state index contributed by atoms with van der Waals surface area (Å²) in [5.41, 5.74) is 0.518. The first-order chi connectivity index (χ1) is 33.4. The Balaban J connectivity index is 1.49. The van der Waals surface area contributed by atoms with E-state index in [9.17, 15) is 47.1 Å².